The molecule has 0 aliphatic carbocycles. The smallest absolute Gasteiger partial charge is 0.387 e. The maximum atomic E-state index is 12.9. The van der Waals surface area contributed by atoms with Crippen molar-refractivity contribution in [2.24, 2.45) is 0 Å². The van der Waals surface area contributed by atoms with Crippen LogP contribution in [0.25, 0.3) is 5.69 Å². The maximum Gasteiger partial charge on any atom is 0.387 e. The lowest BCUT2D eigenvalue weighted by Crippen LogP contribution is -2.28. The maximum absolute atomic E-state index is 12.9. The summed E-state index contributed by atoms with van der Waals surface area (Å²) in [5.74, 6) is 0.0373. The molecule has 3 aromatic rings. The molecule has 0 N–H and O–H groups in total. The standard InChI is InChI=1S/C23H25F2N3O3/c1-15-19(16(2)28(26-15)18-8-6-5-7-9-18)13-22(29)27(3)14-17-10-11-20(30-4)21(12-17)31-23(24)25/h5-12,23H,13-14H2,1-4H3. The molecular weight excluding hydrogens is 404 g/mol. The molecule has 0 saturated carbocycles. The minimum atomic E-state index is -2.96. The van der Waals surface area contributed by atoms with Crippen LogP contribution in [0.1, 0.15) is 22.5 Å². The van der Waals surface area contributed by atoms with Gasteiger partial charge in [0.15, 0.2) is 11.5 Å². The number of ether oxygens (including phenoxy) is 2. The first kappa shape index (κ1) is 22.3. The fraction of sp³-hybridized carbons (Fsp3) is 0.304. The van der Waals surface area contributed by atoms with Crippen molar-refractivity contribution < 1.29 is 23.0 Å². The van der Waals surface area contributed by atoms with E-state index in [9.17, 15) is 13.6 Å². The van der Waals surface area contributed by atoms with Crippen molar-refractivity contribution in [2.75, 3.05) is 14.2 Å². The number of likely N-dealkylation sites (N-methyl/N-ethyl adjacent to an activating group) is 1. The molecule has 8 heteroatoms. The van der Waals surface area contributed by atoms with E-state index >= 15 is 0 Å². The van der Waals surface area contributed by atoms with Gasteiger partial charge in [-0.2, -0.15) is 13.9 Å². The third kappa shape index (κ3) is 5.20. The van der Waals surface area contributed by atoms with E-state index in [2.05, 4.69) is 9.84 Å². The van der Waals surface area contributed by atoms with Crippen molar-refractivity contribution in [3.05, 3.63) is 71.0 Å². The zero-order chi connectivity index (χ0) is 22.5. The van der Waals surface area contributed by atoms with E-state index in [-0.39, 0.29) is 30.4 Å². The summed E-state index contributed by atoms with van der Waals surface area (Å²) < 4.78 is 36.7. The van der Waals surface area contributed by atoms with Crippen molar-refractivity contribution in [3.63, 3.8) is 0 Å². The molecular formula is C23H25F2N3O3. The predicted molar refractivity (Wildman–Crippen MR) is 113 cm³/mol. The Labute approximate surface area is 180 Å². The third-order valence-electron chi connectivity index (χ3n) is 5.06. The number of benzene rings is 2. The molecule has 0 unspecified atom stereocenters. The topological polar surface area (TPSA) is 56.6 Å². The number of halogens is 2. The highest BCUT2D eigenvalue weighted by Gasteiger charge is 2.19. The Hall–Kier alpha value is -3.42. The van der Waals surface area contributed by atoms with Crippen molar-refractivity contribution in [1.29, 1.82) is 0 Å². The number of amides is 1. The van der Waals surface area contributed by atoms with E-state index in [1.165, 1.54) is 13.2 Å². The Morgan fingerprint density at radius 3 is 2.48 bits per heavy atom. The van der Waals surface area contributed by atoms with Crippen LogP contribution in [0.15, 0.2) is 48.5 Å². The van der Waals surface area contributed by atoms with Gasteiger partial charge in [-0.3, -0.25) is 4.79 Å². The molecule has 0 saturated heterocycles. The van der Waals surface area contributed by atoms with Gasteiger partial charge in [0, 0.05) is 24.8 Å². The zero-order valence-electron chi connectivity index (χ0n) is 17.9. The van der Waals surface area contributed by atoms with Gasteiger partial charge in [0.1, 0.15) is 0 Å². The molecule has 0 radical (unpaired) electrons. The Morgan fingerprint density at radius 1 is 1.13 bits per heavy atom. The minimum Gasteiger partial charge on any atom is -0.493 e. The van der Waals surface area contributed by atoms with Crippen LogP contribution in [0.2, 0.25) is 0 Å². The Balaban J connectivity index is 1.74. The number of aromatic nitrogens is 2. The number of hydrogen-bond donors (Lipinski definition) is 0. The molecule has 1 heterocycles. The highest BCUT2D eigenvalue weighted by molar-refractivity contribution is 5.79. The summed E-state index contributed by atoms with van der Waals surface area (Å²) in [6, 6.07) is 14.4. The molecule has 1 amide bonds. The summed E-state index contributed by atoms with van der Waals surface area (Å²) >= 11 is 0. The SMILES string of the molecule is COc1ccc(CN(C)C(=O)Cc2c(C)nn(-c3ccccc3)c2C)cc1OC(F)F. The van der Waals surface area contributed by atoms with Gasteiger partial charge in [-0.25, -0.2) is 4.68 Å². The van der Waals surface area contributed by atoms with Gasteiger partial charge >= 0.3 is 6.61 Å². The molecule has 0 fully saturated rings. The van der Waals surface area contributed by atoms with Crippen molar-refractivity contribution >= 4 is 5.91 Å². The number of para-hydroxylation sites is 1. The van der Waals surface area contributed by atoms with E-state index in [4.69, 9.17) is 4.74 Å². The first-order valence-corrected chi connectivity index (χ1v) is 9.76. The summed E-state index contributed by atoms with van der Waals surface area (Å²) in [5, 5.41) is 4.58. The normalized spacial score (nSPS) is 10.9. The number of methoxy groups -OCH3 is 1. The highest BCUT2D eigenvalue weighted by Crippen LogP contribution is 2.30. The monoisotopic (exact) mass is 429 g/mol. The van der Waals surface area contributed by atoms with Crippen molar-refractivity contribution in [2.45, 2.75) is 33.4 Å². The van der Waals surface area contributed by atoms with Gasteiger partial charge < -0.3 is 14.4 Å². The van der Waals surface area contributed by atoms with Crippen LogP contribution in [0.4, 0.5) is 8.78 Å². The van der Waals surface area contributed by atoms with Crippen LogP contribution in [-0.2, 0) is 17.8 Å². The highest BCUT2D eigenvalue weighted by atomic mass is 19.3. The second kappa shape index (κ2) is 9.59. The lowest BCUT2D eigenvalue weighted by Gasteiger charge is -2.19. The molecule has 164 valence electrons. The number of nitrogens with zero attached hydrogens (tertiary/aromatic N) is 3. The van der Waals surface area contributed by atoms with Crippen LogP contribution in [0.5, 0.6) is 11.5 Å². The summed E-state index contributed by atoms with van der Waals surface area (Å²) in [6.07, 6.45) is 0.192. The Bertz CT molecular complexity index is 1050. The summed E-state index contributed by atoms with van der Waals surface area (Å²) in [5.41, 5.74) is 4.15. The van der Waals surface area contributed by atoms with E-state index < -0.39 is 6.61 Å². The number of rotatable bonds is 8. The molecule has 31 heavy (non-hydrogen) atoms. The van der Waals surface area contributed by atoms with Gasteiger partial charge in [0.2, 0.25) is 5.91 Å². The summed E-state index contributed by atoms with van der Waals surface area (Å²) in [7, 11) is 3.05. The molecule has 0 atom stereocenters. The molecule has 0 spiro atoms. The molecule has 3 rings (SSSR count). The predicted octanol–water partition coefficient (Wildman–Crippen LogP) is 4.30. The molecule has 0 bridgehead atoms. The van der Waals surface area contributed by atoms with Crippen LogP contribution < -0.4 is 9.47 Å². The summed E-state index contributed by atoms with van der Waals surface area (Å²) in [4.78, 5) is 14.4. The summed E-state index contributed by atoms with van der Waals surface area (Å²) in [6.45, 7) is 1.10. The molecule has 1 aromatic heterocycles. The van der Waals surface area contributed by atoms with Crippen LogP contribution in [0.3, 0.4) is 0 Å². The Morgan fingerprint density at radius 2 is 1.84 bits per heavy atom. The molecule has 0 aliphatic heterocycles. The van der Waals surface area contributed by atoms with E-state index in [1.807, 2.05) is 48.9 Å². The first-order valence-electron chi connectivity index (χ1n) is 9.76. The van der Waals surface area contributed by atoms with Gasteiger partial charge in [-0.05, 0) is 43.7 Å². The first-order chi connectivity index (χ1) is 14.8. The second-order valence-electron chi connectivity index (χ2n) is 7.19. The van der Waals surface area contributed by atoms with Crippen LogP contribution >= 0.6 is 0 Å². The lowest BCUT2D eigenvalue weighted by molar-refractivity contribution is -0.129. The third-order valence-corrected chi connectivity index (χ3v) is 5.06. The number of carbonyl (C=O) groups is 1. The average molecular weight is 429 g/mol. The number of alkyl halides is 2. The van der Waals surface area contributed by atoms with Crippen LogP contribution in [-0.4, -0.2) is 41.4 Å². The van der Waals surface area contributed by atoms with E-state index in [1.54, 1.807) is 24.1 Å². The Kier molecular flexibility index (Phi) is 6.89. The molecule has 0 aliphatic rings. The van der Waals surface area contributed by atoms with Crippen LogP contribution in [0, 0.1) is 13.8 Å². The quantitative estimate of drug-likeness (QED) is 0.536. The van der Waals surface area contributed by atoms with E-state index in [0.717, 1.165) is 22.6 Å². The van der Waals surface area contributed by atoms with Gasteiger partial charge in [-0.1, -0.05) is 24.3 Å². The molecule has 6 nitrogen and oxygen atoms in total. The average Bonchev–Trinajstić information content (AvgIpc) is 3.02. The van der Waals surface area contributed by atoms with Crippen molar-refractivity contribution in [3.8, 4) is 17.2 Å². The van der Waals surface area contributed by atoms with Gasteiger partial charge in [-0.15, -0.1) is 0 Å². The van der Waals surface area contributed by atoms with Gasteiger partial charge in [0.05, 0.1) is 24.9 Å². The molecule has 2 aromatic carbocycles. The second-order valence-corrected chi connectivity index (χ2v) is 7.19. The number of carbonyl (C=O) groups excluding carboxylic acids is 1. The minimum absolute atomic E-state index is 0.0633. The largest absolute Gasteiger partial charge is 0.493 e. The van der Waals surface area contributed by atoms with E-state index in [0.29, 0.717) is 5.56 Å². The fourth-order valence-corrected chi connectivity index (χ4v) is 3.41. The van der Waals surface area contributed by atoms with Crippen molar-refractivity contribution in [1.82, 2.24) is 14.7 Å². The van der Waals surface area contributed by atoms with Gasteiger partial charge in [0.25, 0.3) is 0 Å². The number of aryl methyl sites for hydroxylation is 1. The number of hydrogen-bond acceptors (Lipinski definition) is 4. The lowest BCUT2D eigenvalue weighted by atomic mass is 10.1. The fourth-order valence-electron chi connectivity index (χ4n) is 3.41. The zero-order valence-corrected chi connectivity index (χ0v) is 17.9.